The summed E-state index contributed by atoms with van der Waals surface area (Å²) >= 11 is 7.26. The second kappa shape index (κ2) is 9.13. The lowest BCUT2D eigenvalue weighted by atomic mass is 9.95. The lowest BCUT2D eigenvalue weighted by Crippen LogP contribution is -2.17. The van der Waals surface area contributed by atoms with E-state index in [9.17, 15) is 9.59 Å². The first-order valence-corrected chi connectivity index (χ1v) is 12.0. The second-order valence-electron chi connectivity index (χ2n) is 7.75. The number of halogens is 1. The van der Waals surface area contributed by atoms with Crippen LogP contribution in [0, 0.1) is 6.92 Å². The molecule has 3 heterocycles. The second-order valence-corrected chi connectivity index (χ2v) is 9.19. The number of pyridine rings is 1. The highest BCUT2D eigenvalue weighted by Gasteiger charge is 2.26. The van der Waals surface area contributed by atoms with Crippen molar-refractivity contribution >= 4 is 49.3 Å². The Labute approximate surface area is 209 Å². The molecule has 0 fully saturated rings. The van der Waals surface area contributed by atoms with Crippen molar-refractivity contribution in [3.63, 3.8) is 0 Å². The third kappa shape index (κ3) is 3.94. The Hall–Kier alpha value is -3.75. The summed E-state index contributed by atoms with van der Waals surface area (Å²) < 4.78 is 12.6. The van der Waals surface area contributed by atoms with Crippen molar-refractivity contribution in [1.82, 2.24) is 14.5 Å². The van der Waals surface area contributed by atoms with E-state index in [0.29, 0.717) is 53.7 Å². The maximum absolute atomic E-state index is 13.5. The van der Waals surface area contributed by atoms with Gasteiger partial charge >= 0.3 is 5.97 Å². The van der Waals surface area contributed by atoms with Crippen LogP contribution in [0.5, 0.6) is 5.75 Å². The summed E-state index contributed by atoms with van der Waals surface area (Å²) in [5.41, 5.74) is 3.20. The number of hydrogen-bond acceptors (Lipinski definition) is 7. The van der Waals surface area contributed by atoms with Gasteiger partial charge in [0.15, 0.2) is 0 Å². The summed E-state index contributed by atoms with van der Waals surface area (Å²) in [5, 5.41) is 1.22. The molecule has 0 aliphatic rings. The van der Waals surface area contributed by atoms with Gasteiger partial charge in [-0.2, -0.15) is 0 Å². The number of fused-ring (bicyclic) bond motifs is 3. The highest BCUT2D eigenvalue weighted by Crippen LogP contribution is 2.40. The molecule has 0 saturated heterocycles. The molecule has 0 N–H and O–H groups in total. The summed E-state index contributed by atoms with van der Waals surface area (Å²) in [7, 11) is 1.59. The van der Waals surface area contributed by atoms with Crippen LogP contribution in [-0.2, 0) is 4.74 Å². The SMILES string of the molecule is CCOC(=O)c1c(C)nc2sc3c(=O)n(-c4ccc(Cl)cc4)cnc3c2c1-c1ccc(OC)cc1. The molecule has 7 nitrogen and oxygen atoms in total. The Morgan fingerprint density at radius 3 is 2.49 bits per heavy atom. The Kier molecular flexibility index (Phi) is 6.00. The first kappa shape index (κ1) is 23.0. The molecule has 0 spiro atoms. The smallest absolute Gasteiger partial charge is 0.340 e. The molecule has 0 aliphatic carbocycles. The summed E-state index contributed by atoms with van der Waals surface area (Å²) in [5.74, 6) is 0.215. The molecule has 3 aromatic heterocycles. The average molecular weight is 506 g/mol. The van der Waals surface area contributed by atoms with E-state index in [0.717, 1.165) is 5.56 Å². The third-order valence-corrected chi connectivity index (χ3v) is 6.99. The van der Waals surface area contributed by atoms with Crippen molar-refractivity contribution in [1.29, 1.82) is 0 Å². The molecule has 0 aliphatic heterocycles. The molecule has 0 saturated carbocycles. The number of carbonyl (C=O) groups is 1. The van der Waals surface area contributed by atoms with E-state index >= 15 is 0 Å². The van der Waals surface area contributed by atoms with Crippen LogP contribution in [0.1, 0.15) is 23.0 Å². The van der Waals surface area contributed by atoms with Gasteiger partial charge in [0.25, 0.3) is 5.56 Å². The molecule has 0 bridgehead atoms. The minimum Gasteiger partial charge on any atom is -0.497 e. The molecule has 176 valence electrons. The molecule has 5 rings (SSSR count). The van der Waals surface area contributed by atoms with Crippen molar-refractivity contribution in [3.05, 3.63) is 81.5 Å². The number of methoxy groups -OCH3 is 1. The molecule has 0 amide bonds. The highest BCUT2D eigenvalue weighted by atomic mass is 35.5. The van der Waals surface area contributed by atoms with Gasteiger partial charge in [0, 0.05) is 16.0 Å². The monoisotopic (exact) mass is 505 g/mol. The van der Waals surface area contributed by atoms with Gasteiger partial charge in [0.2, 0.25) is 0 Å². The fourth-order valence-corrected chi connectivity index (χ4v) is 5.30. The Bertz CT molecular complexity index is 1640. The summed E-state index contributed by atoms with van der Waals surface area (Å²) in [6.45, 7) is 3.75. The van der Waals surface area contributed by atoms with Crippen LogP contribution in [0.3, 0.4) is 0 Å². The lowest BCUT2D eigenvalue weighted by molar-refractivity contribution is 0.0526. The molecular weight excluding hydrogens is 486 g/mol. The zero-order chi connectivity index (χ0) is 24.7. The van der Waals surface area contributed by atoms with Crippen LogP contribution in [0.2, 0.25) is 5.02 Å². The Balaban J connectivity index is 1.85. The number of aromatic nitrogens is 3. The molecule has 0 radical (unpaired) electrons. The number of thiophene rings is 1. The topological polar surface area (TPSA) is 83.3 Å². The van der Waals surface area contributed by atoms with Gasteiger partial charge < -0.3 is 9.47 Å². The fraction of sp³-hybridized carbons (Fsp3) is 0.154. The van der Waals surface area contributed by atoms with Gasteiger partial charge in [0.1, 0.15) is 21.6 Å². The van der Waals surface area contributed by atoms with Crippen molar-refractivity contribution in [2.75, 3.05) is 13.7 Å². The van der Waals surface area contributed by atoms with Crippen molar-refractivity contribution in [2.45, 2.75) is 13.8 Å². The Morgan fingerprint density at radius 2 is 1.83 bits per heavy atom. The largest absolute Gasteiger partial charge is 0.497 e. The minimum atomic E-state index is -0.473. The molecule has 9 heteroatoms. The van der Waals surface area contributed by atoms with Crippen LogP contribution in [0.4, 0.5) is 0 Å². The zero-order valence-corrected chi connectivity index (χ0v) is 20.7. The van der Waals surface area contributed by atoms with Crippen molar-refractivity contribution < 1.29 is 14.3 Å². The van der Waals surface area contributed by atoms with E-state index in [-0.39, 0.29) is 12.2 Å². The highest BCUT2D eigenvalue weighted by molar-refractivity contribution is 7.25. The molecule has 5 aromatic rings. The standard InChI is InChI=1S/C26H20ClN3O4S/c1-4-34-26(32)19-14(2)29-24-21(20(19)15-5-11-18(33-3)12-6-15)22-23(35-24)25(31)30(13-28-22)17-9-7-16(27)8-10-17/h5-13H,4H2,1-3H3. The van der Waals surface area contributed by atoms with E-state index in [1.54, 1.807) is 45.2 Å². The summed E-state index contributed by atoms with van der Waals surface area (Å²) in [6, 6.07) is 14.3. The van der Waals surface area contributed by atoms with Gasteiger partial charge in [-0.1, -0.05) is 23.7 Å². The van der Waals surface area contributed by atoms with Crippen molar-refractivity contribution in [3.8, 4) is 22.6 Å². The number of rotatable bonds is 5. The number of carbonyl (C=O) groups excluding carboxylic acids is 1. The quantitative estimate of drug-likeness (QED) is 0.280. The predicted octanol–water partition coefficient (Wildman–Crippen LogP) is 5.81. The molecule has 0 unspecified atom stereocenters. The third-order valence-electron chi connectivity index (χ3n) is 5.67. The van der Waals surface area contributed by atoms with Gasteiger partial charge in [0.05, 0.1) is 36.2 Å². The maximum atomic E-state index is 13.5. The molecule has 2 aromatic carbocycles. The van der Waals surface area contributed by atoms with E-state index in [2.05, 4.69) is 9.97 Å². The Morgan fingerprint density at radius 1 is 1.11 bits per heavy atom. The van der Waals surface area contributed by atoms with Crippen LogP contribution in [0.15, 0.2) is 59.7 Å². The summed E-state index contributed by atoms with van der Waals surface area (Å²) in [6.07, 6.45) is 1.49. The van der Waals surface area contributed by atoms with Crippen molar-refractivity contribution in [2.24, 2.45) is 0 Å². The molecule has 0 atom stereocenters. The van der Waals surface area contributed by atoms with E-state index in [1.807, 2.05) is 24.3 Å². The van der Waals surface area contributed by atoms with Crippen LogP contribution < -0.4 is 10.3 Å². The van der Waals surface area contributed by atoms with Gasteiger partial charge in [-0.3, -0.25) is 9.36 Å². The average Bonchev–Trinajstić information content (AvgIpc) is 3.23. The number of nitrogens with zero attached hydrogens (tertiary/aromatic N) is 3. The first-order chi connectivity index (χ1) is 16.9. The fourth-order valence-electron chi connectivity index (χ4n) is 4.06. The van der Waals surface area contributed by atoms with Gasteiger partial charge in [-0.25, -0.2) is 14.8 Å². The predicted molar refractivity (Wildman–Crippen MR) is 138 cm³/mol. The number of esters is 1. The zero-order valence-electron chi connectivity index (χ0n) is 19.2. The first-order valence-electron chi connectivity index (χ1n) is 10.8. The molecule has 35 heavy (non-hydrogen) atoms. The lowest BCUT2D eigenvalue weighted by Gasteiger charge is -2.14. The van der Waals surface area contributed by atoms with E-state index in [4.69, 9.17) is 21.1 Å². The normalized spacial score (nSPS) is 11.2. The number of hydrogen-bond donors (Lipinski definition) is 0. The molecular formula is C26H20ClN3O4S. The van der Waals surface area contributed by atoms with Crippen LogP contribution in [-0.4, -0.2) is 34.2 Å². The van der Waals surface area contributed by atoms with E-state index < -0.39 is 5.97 Å². The summed E-state index contributed by atoms with van der Waals surface area (Å²) in [4.78, 5) is 36.5. The van der Waals surface area contributed by atoms with Crippen LogP contribution >= 0.6 is 22.9 Å². The number of aryl methyl sites for hydroxylation is 1. The van der Waals surface area contributed by atoms with Gasteiger partial charge in [-0.15, -0.1) is 11.3 Å². The maximum Gasteiger partial charge on any atom is 0.340 e. The minimum absolute atomic E-state index is 0.226. The van der Waals surface area contributed by atoms with Gasteiger partial charge in [-0.05, 0) is 55.8 Å². The van der Waals surface area contributed by atoms with E-state index in [1.165, 1.54) is 22.2 Å². The van der Waals surface area contributed by atoms with Crippen LogP contribution in [0.25, 0.3) is 37.2 Å². The number of ether oxygens (including phenoxy) is 2. The number of benzene rings is 2.